The van der Waals surface area contributed by atoms with E-state index in [1.54, 1.807) is 41.1 Å². The van der Waals surface area contributed by atoms with Crippen molar-refractivity contribution in [1.29, 1.82) is 0 Å². The van der Waals surface area contributed by atoms with E-state index in [-0.39, 0.29) is 12.1 Å². The van der Waals surface area contributed by atoms with Crippen molar-refractivity contribution in [2.45, 2.75) is 32.5 Å². The average molecular weight is 341 g/mol. The lowest BCUT2D eigenvalue weighted by molar-refractivity contribution is -0.141. The zero-order valence-corrected chi connectivity index (χ0v) is 13.6. The van der Waals surface area contributed by atoms with Gasteiger partial charge in [0.2, 0.25) is 0 Å². The molecule has 0 spiro atoms. The molecule has 0 radical (unpaired) electrons. The van der Waals surface area contributed by atoms with Crippen molar-refractivity contribution in [3.8, 4) is 0 Å². The van der Waals surface area contributed by atoms with Gasteiger partial charge in [-0.3, -0.25) is 4.79 Å². The maximum atomic E-state index is 12.8. The number of aryl methyl sites for hydroxylation is 1. The minimum absolute atomic E-state index is 0.0431. The summed E-state index contributed by atoms with van der Waals surface area (Å²) in [5, 5.41) is 3.53. The Labute approximate surface area is 137 Å². The lowest BCUT2D eigenvalue weighted by Gasteiger charge is -2.24. The van der Waals surface area contributed by atoms with Crippen molar-refractivity contribution in [2.24, 2.45) is 0 Å². The number of carbonyl (C=O) groups excluding carboxylic acids is 1. The van der Waals surface area contributed by atoms with Crippen LogP contribution in [0.3, 0.4) is 0 Å². The van der Waals surface area contributed by atoms with Crippen molar-refractivity contribution in [3.05, 3.63) is 57.8 Å². The summed E-state index contributed by atoms with van der Waals surface area (Å²) in [4.78, 5) is 13.3. The fraction of sp³-hybridized carbons (Fsp3) is 0.353. The Hall–Kier alpha value is -1.82. The number of amides is 1. The fourth-order valence-electron chi connectivity index (χ4n) is 2.30. The summed E-state index contributed by atoms with van der Waals surface area (Å²) < 4.78 is 38.4. The van der Waals surface area contributed by atoms with Gasteiger partial charge in [-0.2, -0.15) is 24.5 Å². The lowest BCUT2D eigenvalue weighted by Crippen LogP contribution is -2.38. The summed E-state index contributed by atoms with van der Waals surface area (Å²) in [6.45, 7) is 0.752. The summed E-state index contributed by atoms with van der Waals surface area (Å²) in [5.41, 5.74) is 2.06. The molecule has 6 heteroatoms. The second-order valence-electron chi connectivity index (χ2n) is 5.35. The molecule has 0 N–H and O–H groups in total. The number of hydrogen-bond donors (Lipinski definition) is 0. The van der Waals surface area contributed by atoms with Gasteiger partial charge in [-0.15, -0.1) is 0 Å². The van der Waals surface area contributed by atoms with Gasteiger partial charge < -0.3 is 4.90 Å². The van der Waals surface area contributed by atoms with E-state index in [9.17, 15) is 18.0 Å². The van der Waals surface area contributed by atoms with Gasteiger partial charge in [0, 0.05) is 12.1 Å². The first-order chi connectivity index (χ1) is 10.9. The highest BCUT2D eigenvalue weighted by atomic mass is 32.1. The van der Waals surface area contributed by atoms with Crippen molar-refractivity contribution in [3.63, 3.8) is 0 Å². The molecule has 2 nitrogen and oxygen atoms in total. The van der Waals surface area contributed by atoms with E-state index < -0.39 is 18.6 Å². The monoisotopic (exact) mass is 341 g/mol. The Balaban J connectivity index is 2.17. The van der Waals surface area contributed by atoms with E-state index >= 15 is 0 Å². The molecular formula is C17H18F3NOS. The van der Waals surface area contributed by atoms with E-state index in [1.807, 2.05) is 6.92 Å². The number of rotatable bonds is 6. The Morgan fingerprint density at radius 2 is 1.83 bits per heavy atom. The van der Waals surface area contributed by atoms with Gasteiger partial charge in [0.25, 0.3) is 5.91 Å². The molecule has 1 heterocycles. The van der Waals surface area contributed by atoms with Gasteiger partial charge in [-0.25, -0.2) is 0 Å². The molecule has 23 heavy (non-hydrogen) atoms. The topological polar surface area (TPSA) is 20.3 Å². The molecule has 0 fully saturated rings. The Kier molecular flexibility index (Phi) is 5.82. The van der Waals surface area contributed by atoms with Gasteiger partial charge in [0.1, 0.15) is 6.54 Å². The van der Waals surface area contributed by atoms with Crippen molar-refractivity contribution in [1.82, 2.24) is 4.90 Å². The summed E-state index contributed by atoms with van der Waals surface area (Å²) in [6, 6.07) is 8.53. The third kappa shape index (κ3) is 5.39. The quantitative estimate of drug-likeness (QED) is 0.731. The van der Waals surface area contributed by atoms with Crippen LogP contribution in [0.4, 0.5) is 13.2 Å². The first-order valence-electron chi connectivity index (χ1n) is 7.35. The normalized spacial score (nSPS) is 11.5. The van der Waals surface area contributed by atoms with Crippen molar-refractivity contribution < 1.29 is 18.0 Å². The number of carbonyl (C=O) groups is 1. The fourth-order valence-corrected chi connectivity index (χ4v) is 2.96. The molecule has 0 unspecified atom stereocenters. The molecule has 0 aliphatic heterocycles. The molecule has 1 amide bonds. The van der Waals surface area contributed by atoms with Crippen molar-refractivity contribution >= 4 is 17.2 Å². The molecule has 0 aliphatic carbocycles. The number of benzene rings is 1. The molecule has 0 aliphatic rings. The molecule has 0 saturated heterocycles. The van der Waals surface area contributed by atoms with Gasteiger partial charge >= 0.3 is 6.18 Å². The molecule has 1 aromatic heterocycles. The van der Waals surface area contributed by atoms with E-state index in [1.165, 1.54) is 11.3 Å². The molecule has 124 valence electrons. The second-order valence-corrected chi connectivity index (χ2v) is 6.13. The zero-order chi connectivity index (χ0) is 16.9. The zero-order valence-electron chi connectivity index (χ0n) is 12.8. The Morgan fingerprint density at radius 1 is 1.13 bits per heavy atom. The predicted molar refractivity (Wildman–Crippen MR) is 85.6 cm³/mol. The van der Waals surface area contributed by atoms with E-state index in [2.05, 4.69) is 0 Å². The molecule has 0 bridgehead atoms. The summed E-state index contributed by atoms with van der Waals surface area (Å²) >= 11 is 1.40. The van der Waals surface area contributed by atoms with Crippen LogP contribution in [0, 0.1) is 0 Å². The molecule has 1 aromatic carbocycles. The average Bonchev–Trinajstić information content (AvgIpc) is 2.99. The van der Waals surface area contributed by atoms with Crippen molar-refractivity contribution in [2.75, 3.05) is 6.54 Å². The largest absolute Gasteiger partial charge is 0.406 e. The maximum absolute atomic E-state index is 12.8. The number of alkyl halides is 3. The first kappa shape index (κ1) is 17.5. The lowest BCUT2D eigenvalue weighted by atomic mass is 10.1. The van der Waals surface area contributed by atoms with Crippen LogP contribution in [0.15, 0.2) is 41.1 Å². The van der Waals surface area contributed by atoms with Crippen LogP contribution in [-0.4, -0.2) is 23.5 Å². The SMILES string of the molecule is CCCc1ccc(C(=O)N(Cc2ccsc2)CC(F)(F)F)cc1. The molecule has 2 aromatic rings. The molecule has 2 rings (SSSR count). The van der Waals surface area contributed by atoms with Crippen LogP contribution in [0.2, 0.25) is 0 Å². The van der Waals surface area contributed by atoms with Gasteiger partial charge in [-0.05, 0) is 46.5 Å². The number of halogens is 3. The van der Waals surface area contributed by atoms with E-state index in [0.29, 0.717) is 5.56 Å². The minimum Gasteiger partial charge on any atom is -0.325 e. The standard InChI is InChI=1S/C17H18F3NOS/c1-2-3-13-4-6-15(7-5-13)16(22)21(12-17(18,19)20)10-14-8-9-23-11-14/h4-9,11H,2-3,10,12H2,1H3. The van der Waals surface area contributed by atoms with Gasteiger partial charge in [-0.1, -0.05) is 25.5 Å². The third-order valence-corrected chi connectivity index (χ3v) is 4.08. The number of hydrogen-bond acceptors (Lipinski definition) is 2. The van der Waals surface area contributed by atoms with E-state index in [4.69, 9.17) is 0 Å². The Bertz CT molecular complexity index is 620. The second kappa shape index (κ2) is 7.64. The highest BCUT2D eigenvalue weighted by Crippen LogP contribution is 2.21. The Morgan fingerprint density at radius 3 is 2.35 bits per heavy atom. The highest BCUT2D eigenvalue weighted by Gasteiger charge is 2.33. The van der Waals surface area contributed by atoms with Crippen LogP contribution in [0.1, 0.15) is 34.8 Å². The van der Waals surface area contributed by atoms with Crippen LogP contribution >= 0.6 is 11.3 Å². The van der Waals surface area contributed by atoms with Crippen LogP contribution < -0.4 is 0 Å². The maximum Gasteiger partial charge on any atom is 0.406 e. The van der Waals surface area contributed by atoms with Gasteiger partial charge in [0.15, 0.2) is 0 Å². The van der Waals surface area contributed by atoms with Crippen LogP contribution in [0.5, 0.6) is 0 Å². The van der Waals surface area contributed by atoms with Crippen LogP contribution in [-0.2, 0) is 13.0 Å². The number of nitrogens with zero attached hydrogens (tertiary/aromatic N) is 1. The highest BCUT2D eigenvalue weighted by molar-refractivity contribution is 7.07. The van der Waals surface area contributed by atoms with Gasteiger partial charge in [0.05, 0.1) is 0 Å². The molecule has 0 saturated carbocycles. The summed E-state index contributed by atoms with van der Waals surface area (Å²) in [7, 11) is 0. The third-order valence-electron chi connectivity index (χ3n) is 3.35. The summed E-state index contributed by atoms with van der Waals surface area (Å²) in [5.74, 6) is -0.600. The molecule has 0 atom stereocenters. The summed E-state index contributed by atoms with van der Waals surface area (Å²) in [6.07, 6.45) is -2.56. The number of thiophene rings is 1. The smallest absolute Gasteiger partial charge is 0.325 e. The van der Waals surface area contributed by atoms with Crippen LogP contribution in [0.25, 0.3) is 0 Å². The first-order valence-corrected chi connectivity index (χ1v) is 8.29. The van der Waals surface area contributed by atoms with E-state index in [0.717, 1.165) is 23.3 Å². The molecular weight excluding hydrogens is 323 g/mol. The predicted octanol–water partition coefficient (Wildman–Crippen LogP) is 4.91. The minimum atomic E-state index is -4.42.